The summed E-state index contributed by atoms with van der Waals surface area (Å²) in [5, 5.41) is 10.3. The molecule has 0 aliphatic rings. The van der Waals surface area contributed by atoms with Crippen molar-refractivity contribution in [2.24, 2.45) is 0 Å². The van der Waals surface area contributed by atoms with Gasteiger partial charge in [-0.15, -0.1) is 0 Å². The Morgan fingerprint density at radius 3 is 2.48 bits per heavy atom. The maximum absolute atomic E-state index is 13.0. The lowest BCUT2D eigenvalue weighted by molar-refractivity contribution is -0.137. The summed E-state index contributed by atoms with van der Waals surface area (Å²) in [5.41, 5.74) is 2.46. The van der Waals surface area contributed by atoms with Crippen molar-refractivity contribution in [3.05, 3.63) is 70.5 Å². The molecule has 33 heavy (non-hydrogen) atoms. The van der Waals surface area contributed by atoms with Gasteiger partial charge in [0.25, 0.3) is 0 Å². The van der Waals surface area contributed by atoms with Crippen molar-refractivity contribution in [3.8, 4) is 5.75 Å². The number of halogens is 5. The summed E-state index contributed by atoms with van der Waals surface area (Å²) in [6.07, 6.45) is -4.43. The van der Waals surface area contributed by atoms with Crippen LogP contribution in [0.5, 0.6) is 5.75 Å². The van der Waals surface area contributed by atoms with E-state index in [0.29, 0.717) is 22.6 Å². The van der Waals surface area contributed by atoms with E-state index in [2.05, 4.69) is 20.5 Å². The number of hydrogen-bond donors (Lipinski definition) is 2. The molecule has 1 heterocycles. The van der Waals surface area contributed by atoms with Crippen molar-refractivity contribution in [2.75, 3.05) is 10.6 Å². The van der Waals surface area contributed by atoms with Crippen LogP contribution in [0, 0.1) is 20.8 Å². The molecule has 0 spiro atoms. The van der Waals surface area contributed by atoms with E-state index in [0.717, 1.165) is 17.7 Å². The molecule has 0 atom stereocenters. The fraction of sp³-hybridized carbons (Fsp3) is 0.273. The first-order valence-corrected chi connectivity index (χ1v) is 10.2. The highest BCUT2D eigenvalue weighted by Crippen LogP contribution is 2.30. The lowest BCUT2D eigenvalue weighted by atomic mass is 10.1. The first-order chi connectivity index (χ1) is 15.4. The van der Waals surface area contributed by atoms with E-state index in [1.165, 1.54) is 12.1 Å². The minimum atomic E-state index is -4.43. The van der Waals surface area contributed by atoms with Gasteiger partial charge in [0.05, 0.1) is 34.9 Å². The Morgan fingerprint density at radius 2 is 1.82 bits per heavy atom. The van der Waals surface area contributed by atoms with E-state index < -0.39 is 18.4 Å². The molecular weight excluding hydrogens is 463 g/mol. The zero-order chi connectivity index (χ0) is 24.3. The van der Waals surface area contributed by atoms with Gasteiger partial charge in [0.2, 0.25) is 0 Å². The fourth-order valence-electron chi connectivity index (χ4n) is 3.24. The molecule has 0 amide bonds. The van der Waals surface area contributed by atoms with Gasteiger partial charge >= 0.3 is 12.8 Å². The average molecular weight is 484 g/mol. The Kier molecular flexibility index (Phi) is 7.21. The van der Waals surface area contributed by atoms with Gasteiger partial charge in [-0.2, -0.15) is 27.1 Å². The molecule has 0 fully saturated rings. The number of nitrogens with one attached hydrogen (secondary N) is 2. The molecule has 3 rings (SSSR count). The van der Waals surface area contributed by atoms with Crippen LogP contribution >= 0.6 is 12.2 Å². The van der Waals surface area contributed by atoms with Gasteiger partial charge in [0.15, 0.2) is 5.11 Å². The zero-order valence-electron chi connectivity index (χ0n) is 17.9. The van der Waals surface area contributed by atoms with Crippen LogP contribution in [0.4, 0.5) is 33.3 Å². The molecule has 0 unspecified atom stereocenters. The van der Waals surface area contributed by atoms with E-state index in [9.17, 15) is 22.0 Å². The predicted molar refractivity (Wildman–Crippen MR) is 120 cm³/mol. The first kappa shape index (κ1) is 24.4. The number of thiocarbonyl (C=S) groups is 1. The highest BCUT2D eigenvalue weighted by molar-refractivity contribution is 7.80. The second-order valence-electron chi connectivity index (χ2n) is 7.36. The van der Waals surface area contributed by atoms with Gasteiger partial charge in [0, 0.05) is 0 Å². The van der Waals surface area contributed by atoms with E-state index in [4.69, 9.17) is 12.2 Å². The van der Waals surface area contributed by atoms with Crippen LogP contribution in [0.3, 0.4) is 0 Å². The molecule has 2 N–H and O–H groups in total. The molecule has 3 aromatic rings. The molecule has 0 aliphatic carbocycles. The number of benzene rings is 2. The number of anilines is 2. The third-order valence-electron chi connectivity index (χ3n) is 4.81. The molecule has 0 saturated heterocycles. The summed E-state index contributed by atoms with van der Waals surface area (Å²) < 4.78 is 70.5. The molecule has 2 aromatic carbocycles. The Balaban J connectivity index is 1.77. The molecule has 0 bridgehead atoms. The number of rotatable bonds is 6. The summed E-state index contributed by atoms with van der Waals surface area (Å²) in [6.45, 7) is 2.34. The first-order valence-electron chi connectivity index (χ1n) is 9.77. The number of hydrogen-bond acceptors (Lipinski definition) is 3. The van der Waals surface area contributed by atoms with Gasteiger partial charge in [-0.3, -0.25) is 4.68 Å². The van der Waals surface area contributed by atoms with Crippen molar-refractivity contribution < 1.29 is 26.7 Å². The van der Waals surface area contributed by atoms with Crippen molar-refractivity contribution in [1.82, 2.24) is 9.78 Å². The van der Waals surface area contributed by atoms with E-state index in [-0.39, 0.29) is 23.1 Å². The number of aryl methyl sites for hydroxylation is 2. The maximum atomic E-state index is 13.0. The maximum Gasteiger partial charge on any atom is 0.416 e. The Bertz CT molecular complexity index is 1160. The number of aromatic nitrogens is 2. The van der Waals surface area contributed by atoms with E-state index >= 15 is 0 Å². The van der Waals surface area contributed by atoms with E-state index in [1.54, 1.807) is 43.7 Å². The molecular formula is C22H21F5N4OS. The highest BCUT2D eigenvalue weighted by Gasteiger charge is 2.30. The van der Waals surface area contributed by atoms with Crippen molar-refractivity contribution in [2.45, 2.75) is 40.1 Å². The quantitative estimate of drug-likeness (QED) is 0.318. The molecule has 0 radical (unpaired) electrons. The van der Waals surface area contributed by atoms with Gasteiger partial charge in [-0.1, -0.05) is 18.2 Å². The summed E-state index contributed by atoms with van der Waals surface area (Å²) in [5.74, 6) is -0.0529. The minimum absolute atomic E-state index is 0.0529. The lowest BCUT2D eigenvalue weighted by Crippen LogP contribution is -2.21. The smallest absolute Gasteiger partial charge is 0.416 e. The van der Waals surface area contributed by atoms with Crippen molar-refractivity contribution >= 4 is 28.7 Å². The van der Waals surface area contributed by atoms with Crippen LogP contribution in [0.15, 0.2) is 42.5 Å². The molecule has 5 nitrogen and oxygen atoms in total. The molecule has 0 aliphatic heterocycles. The van der Waals surface area contributed by atoms with E-state index in [1.807, 2.05) is 0 Å². The lowest BCUT2D eigenvalue weighted by Gasteiger charge is -2.15. The summed E-state index contributed by atoms with van der Waals surface area (Å²) >= 11 is 5.31. The van der Waals surface area contributed by atoms with Crippen LogP contribution in [0.2, 0.25) is 0 Å². The second-order valence-corrected chi connectivity index (χ2v) is 7.77. The van der Waals surface area contributed by atoms with Crippen LogP contribution in [0.25, 0.3) is 0 Å². The fourth-order valence-corrected chi connectivity index (χ4v) is 3.46. The van der Waals surface area contributed by atoms with Crippen LogP contribution < -0.4 is 15.4 Å². The minimum Gasteiger partial charge on any atom is -0.433 e. The summed E-state index contributed by atoms with van der Waals surface area (Å²) in [6, 6.07) is 9.78. The number of nitrogens with zero attached hydrogens (tertiary/aromatic N) is 2. The standard InChI is InChI=1S/C22H21F5N4OS/c1-12-7-8-17(18(9-12)32-20(23)24)28-21(33)29-19-13(2)30-31(14(19)3)11-15-5-4-6-16(10-15)22(25,26)27/h4-10,20H,11H2,1-3H3,(H2,28,29,33). The predicted octanol–water partition coefficient (Wildman–Crippen LogP) is 6.29. The molecule has 176 valence electrons. The van der Waals surface area contributed by atoms with Crippen molar-refractivity contribution in [3.63, 3.8) is 0 Å². The third-order valence-corrected chi connectivity index (χ3v) is 5.01. The normalized spacial score (nSPS) is 11.5. The monoisotopic (exact) mass is 484 g/mol. The second kappa shape index (κ2) is 9.74. The Hall–Kier alpha value is -3.21. The van der Waals surface area contributed by atoms with Gasteiger partial charge < -0.3 is 15.4 Å². The van der Waals surface area contributed by atoms with Crippen LogP contribution in [-0.4, -0.2) is 21.5 Å². The third kappa shape index (κ3) is 6.19. The summed E-state index contributed by atoms with van der Waals surface area (Å²) in [7, 11) is 0. The Morgan fingerprint density at radius 1 is 1.09 bits per heavy atom. The Labute approximate surface area is 192 Å². The SMILES string of the molecule is Cc1ccc(NC(=S)Nc2c(C)nn(Cc3cccc(C(F)(F)F)c3)c2C)c(OC(F)F)c1. The molecule has 11 heteroatoms. The van der Waals surface area contributed by atoms with Crippen LogP contribution in [0.1, 0.15) is 28.1 Å². The molecule has 0 saturated carbocycles. The van der Waals surface area contributed by atoms with Crippen molar-refractivity contribution in [1.29, 1.82) is 0 Å². The highest BCUT2D eigenvalue weighted by atomic mass is 32.1. The van der Waals surface area contributed by atoms with Gasteiger partial charge in [0.1, 0.15) is 5.75 Å². The molecule has 1 aromatic heterocycles. The van der Waals surface area contributed by atoms with Gasteiger partial charge in [-0.05, 0) is 68.4 Å². The largest absolute Gasteiger partial charge is 0.433 e. The topological polar surface area (TPSA) is 51.1 Å². The summed E-state index contributed by atoms with van der Waals surface area (Å²) in [4.78, 5) is 0. The zero-order valence-corrected chi connectivity index (χ0v) is 18.7. The number of ether oxygens (including phenoxy) is 1. The van der Waals surface area contributed by atoms with Gasteiger partial charge in [-0.25, -0.2) is 0 Å². The average Bonchev–Trinajstić information content (AvgIpc) is 2.96. The van der Waals surface area contributed by atoms with Crippen LogP contribution in [-0.2, 0) is 12.7 Å². The number of alkyl halides is 5.